The molecule has 0 spiro atoms. The van der Waals surface area contributed by atoms with E-state index in [9.17, 15) is 4.79 Å². The van der Waals surface area contributed by atoms with Gasteiger partial charge in [-0.3, -0.25) is 5.10 Å². The number of H-pyrrole nitrogens is 1. The molecule has 1 aromatic carbocycles. The Morgan fingerprint density at radius 1 is 1.31 bits per heavy atom. The molecule has 0 fully saturated rings. The predicted octanol–water partition coefficient (Wildman–Crippen LogP) is 2.48. The Bertz CT molecular complexity index is 553. The number of halogens is 2. The van der Waals surface area contributed by atoms with Gasteiger partial charge in [0.15, 0.2) is 5.69 Å². The van der Waals surface area contributed by atoms with Crippen LogP contribution in [0.5, 0.6) is 0 Å². The molecule has 0 atom stereocenters. The summed E-state index contributed by atoms with van der Waals surface area (Å²) < 4.78 is 0. The van der Waals surface area contributed by atoms with Gasteiger partial charge in [0.05, 0.1) is 10.0 Å². The number of carboxylic acid groups (broad SMARTS) is 1. The Hall–Kier alpha value is -1.59. The third-order valence-electron chi connectivity index (χ3n) is 1.96. The Morgan fingerprint density at radius 2 is 2.06 bits per heavy atom. The number of aromatic nitrogens is 3. The van der Waals surface area contributed by atoms with E-state index in [4.69, 9.17) is 28.3 Å². The molecule has 0 aliphatic rings. The average molecular weight is 258 g/mol. The number of hydrogen-bond acceptors (Lipinski definition) is 3. The molecular weight excluding hydrogens is 253 g/mol. The van der Waals surface area contributed by atoms with Crippen molar-refractivity contribution in [3.8, 4) is 11.3 Å². The maximum absolute atomic E-state index is 10.8. The van der Waals surface area contributed by atoms with E-state index in [0.29, 0.717) is 15.6 Å². The van der Waals surface area contributed by atoms with Crippen molar-refractivity contribution >= 4 is 29.2 Å². The fraction of sp³-hybridized carbons (Fsp3) is 0. The SMILES string of the molecule is O=C(O)c1[nH]nnc1-c1ccc(Cl)c(Cl)c1. The highest BCUT2D eigenvalue weighted by atomic mass is 35.5. The molecule has 82 valence electrons. The van der Waals surface area contributed by atoms with Crippen molar-refractivity contribution in [2.45, 2.75) is 0 Å². The van der Waals surface area contributed by atoms with E-state index in [-0.39, 0.29) is 11.4 Å². The van der Waals surface area contributed by atoms with Crippen LogP contribution in [-0.2, 0) is 0 Å². The minimum Gasteiger partial charge on any atom is -0.476 e. The lowest BCUT2D eigenvalue weighted by Crippen LogP contribution is -1.99. The molecule has 0 aliphatic heterocycles. The summed E-state index contributed by atoms with van der Waals surface area (Å²) in [6.07, 6.45) is 0. The number of benzene rings is 1. The van der Waals surface area contributed by atoms with E-state index in [2.05, 4.69) is 15.4 Å². The largest absolute Gasteiger partial charge is 0.476 e. The highest BCUT2D eigenvalue weighted by Crippen LogP contribution is 2.28. The second-order valence-electron chi connectivity index (χ2n) is 2.97. The van der Waals surface area contributed by atoms with E-state index >= 15 is 0 Å². The fourth-order valence-electron chi connectivity index (χ4n) is 1.22. The van der Waals surface area contributed by atoms with Gasteiger partial charge in [-0.2, -0.15) is 0 Å². The summed E-state index contributed by atoms with van der Waals surface area (Å²) in [5.41, 5.74) is 0.685. The molecule has 5 nitrogen and oxygen atoms in total. The zero-order valence-electron chi connectivity index (χ0n) is 7.74. The molecule has 2 aromatic rings. The molecule has 16 heavy (non-hydrogen) atoms. The Kier molecular flexibility index (Phi) is 2.80. The smallest absolute Gasteiger partial charge is 0.356 e. The first kappa shape index (κ1) is 10.9. The Morgan fingerprint density at radius 3 is 2.69 bits per heavy atom. The molecule has 7 heteroatoms. The van der Waals surface area contributed by atoms with Gasteiger partial charge < -0.3 is 5.11 Å². The average Bonchev–Trinajstić information content (AvgIpc) is 2.71. The van der Waals surface area contributed by atoms with Crippen molar-refractivity contribution < 1.29 is 9.90 Å². The molecule has 1 aromatic heterocycles. The van der Waals surface area contributed by atoms with Crippen LogP contribution in [-0.4, -0.2) is 26.5 Å². The van der Waals surface area contributed by atoms with E-state index in [1.807, 2.05) is 0 Å². The van der Waals surface area contributed by atoms with E-state index in [1.54, 1.807) is 12.1 Å². The summed E-state index contributed by atoms with van der Waals surface area (Å²) in [5.74, 6) is -1.13. The van der Waals surface area contributed by atoms with E-state index in [1.165, 1.54) is 6.07 Å². The van der Waals surface area contributed by atoms with Gasteiger partial charge in [0.1, 0.15) is 5.69 Å². The maximum Gasteiger partial charge on any atom is 0.356 e. The topological polar surface area (TPSA) is 78.9 Å². The summed E-state index contributed by atoms with van der Waals surface area (Å²) >= 11 is 11.6. The van der Waals surface area contributed by atoms with Crippen LogP contribution in [0.3, 0.4) is 0 Å². The van der Waals surface area contributed by atoms with Crippen LogP contribution in [0.4, 0.5) is 0 Å². The summed E-state index contributed by atoms with van der Waals surface area (Å²) in [7, 11) is 0. The number of rotatable bonds is 2. The molecule has 0 amide bonds. The molecule has 0 unspecified atom stereocenters. The van der Waals surface area contributed by atoms with Crippen molar-refractivity contribution in [2.24, 2.45) is 0 Å². The number of aromatic carboxylic acids is 1. The van der Waals surface area contributed by atoms with Crippen LogP contribution in [0.25, 0.3) is 11.3 Å². The normalized spacial score (nSPS) is 10.4. The molecule has 1 heterocycles. The van der Waals surface area contributed by atoms with Crippen molar-refractivity contribution in [1.82, 2.24) is 15.4 Å². The number of hydrogen-bond donors (Lipinski definition) is 2. The van der Waals surface area contributed by atoms with Crippen LogP contribution >= 0.6 is 23.2 Å². The van der Waals surface area contributed by atoms with Crippen molar-refractivity contribution in [3.63, 3.8) is 0 Å². The third kappa shape index (κ3) is 1.87. The summed E-state index contributed by atoms with van der Waals surface area (Å²) in [6.45, 7) is 0. The molecule has 0 saturated heterocycles. The van der Waals surface area contributed by atoms with Crippen LogP contribution in [0.2, 0.25) is 10.0 Å². The van der Waals surface area contributed by atoms with E-state index < -0.39 is 5.97 Å². The number of carboxylic acids is 1. The van der Waals surface area contributed by atoms with E-state index in [0.717, 1.165) is 0 Å². The van der Waals surface area contributed by atoms with Gasteiger partial charge in [-0.15, -0.1) is 5.10 Å². The number of nitrogens with zero attached hydrogens (tertiary/aromatic N) is 2. The number of aromatic amines is 1. The molecule has 0 aliphatic carbocycles. The van der Waals surface area contributed by atoms with Gasteiger partial charge in [-0.25, -0.2) is 4.79 Å². The predicted molar refractivity (Wildman–Crippen MR) is 58.8 cm³/mol. The molecule has 0 bridgehead atoms. The monoisotopic (exact) mass is 257 g/mol. The number of nitrogens with one attached hydrogen (secondary N) is 1. The minimum atomic E-state index is -1.13. The quantitative estimate of drug-likeness (QED) is 0.867. The third-order valence-corrected chi connectivity index (χ3v) is 2.69. The lowest BCUT2D eigenvalue weighted by atomic mass is 10.1. The number of carbonyl (C=O) groups is 1. The van der Waals surface area contributed by atoms with Gasteiger partial charge in [0.2, 0.25) is 0 Å². The highest BCUT2D eigenvalue weighted by Gasteiger charge is 2.16. The first-order valence-electron chi connectivity index (χ1n) is 4.19. The van der Waals surface area contributed by atoms with Gasteiger partial charge in [0, 0.05) is 5.56 Å². The molecule has 2 rings (SSSR count). The molecule has 0 saturated carbocycles. The Labute approximate surface area is 100 Å². The first-order chi connectivity index (χ1) is 7.59. The van der Waals surface area contributed by atoms with Crippen molar-refractivity contribution in [2.75, 3.05) is 0 Å². The highest BCUT2D eigenvalue weighted by molar-refractivity contribution is 6.42. The minimum absolute atomic E-state index is 0.0848. The van der Waals surface area contributed by atoms with Gasteiger partial charge in [-0.1, -0.05) is 34.5 Å². The standard InChI is InChI=1S/C9H5Cl2N3O2/c10-5-2-1-4(3-6(5)11)7-8(9(15)16)13-14-12-7/h1-3H,(H,15,16)(H,12,13,14). The van der Waals surface area contributed by atoms with Crippen LogP contribution < -0.4 is 0 Å². The van der Waals surface area contributed by atoms with Gasteiger partial charge in [0.25, 0.3) is 0 Å². The Balaban J connectivity index is 2.54. The van der Waals surface area contributed by atoms with Crippen LogP contribution in [0.1, 0.15) is 10.5 Å². The second-order valence-corrected chi connectivity index (χ2v) is 3.78. The van der Waals surface area contributed by atoms with Crippen molar-refractivity contribution in [1.29, 1.82) is 0 Å². The fourth-order valence-corrected chi connectivity index (χ4v) is 1.52. The summed E-state index contributed by atoms with van der Waals surface area (Å²) in [5, 5.41) is 19.0. The van der Waals surface area contributed by atoms with Crippen LogP contribution in [0.15, 0.2) is 18.2 Å². The maximum atomic E-state index is 10.8. The molecule has 2 N–H and O–H groups in total. The molecule has 0 radical (unpaired) electrons. The lowest BCUT2D eigenvalue weighted by Gasteiger charge is -2.00. The van der Waals surface area contributed by atoms with Crippen LogP contribution in [0, 0.1) is 0 Å². The van der Waals surface area contributed by atoms with Crippen molar-refractivity contribution in [3.05, 3.63) is 33.9 Å². The molecular formula is C9H5Cl2N3O2. The second kappa shape index (κ2) is 4.11. The van der Waals surface area contributed by atoms with Gasteiger partial charge in [-0.05, 0) is 12.1 Å². The zero-order chi connectivity index (χ0) is 11.7. The lowest BCUT2D eigenvalue weighted by molar-refractivity contribution is 0.0691. The summed E-state index contributed by atoms with van der Waals surface area (Å²) in [4.78, 5) is 10.8. The summed E-state index contributed by atoms with van der Waals surface area (Å²) in [6, 6.07) is 4.73. The zero-order valence-corrected chi connectivity index (χ0v) is 9.25. The van der Waals surface area contributed by atoms with Gasteiger partial charge >= 0.3 is 5.97 Å². The first-order valence-corrected chi connectivity index (χ1v) is 4.95.